The number of hydrogen-bond donors (Lipinski definition) is 5. The molecule has 5 N–H and O–H groups in total. The highest BCUT2D eigenvalue weighted by Crippen LogP contribution is 2.24. The first-order valence-corrected chi connectivity index (χ1v) is 5.68. The van der Waals surface area contributed by atoms with Gasteiger partial charge in [0.25, 0.3) is 11.5 Å². The van der Waals surface area contributed by atoms with Crippen LogP contribution in [-0.2, 0) is 0 Å². The molecule has 21 heavy (non-hydrogen) atoms. The van der Waals surface area contributed by atoms with Gasteiger partial charge in [-0.2, -0.15) is 0 Å². The Morgan fingerprint density at radius 3 is 2.33 bits per heavy atom. The Morgan fingerprint density at radius 1 is 1.05 bits per heavy atom. The molecule has 2 rings (SSSR count). The zero-order valence-electron chi connectivity index (χ0n) is 10.5. The lowest BCUT2D eigenvalue weighted by Gasteiger charge is -2.08. The van der Waals surface area contributed by atoms with Crippen LogP contribution in [-0.4, -0.2) is 32.2 Å². The first kappa shape index (κ1) is 14.1. The van der Waals surface area contributed by atoms with Crippen LogP contribution in [0.1, 0.15) is 20.7 Å². The Morgan fingerprint density at radius 2 is 1.76 bits per heavy atom. The van der Waals surface area contributed by atoms with Gasteiger partial charge in [0.05, 0.1) is 16.8 Å². The van der Waals surface area contributed by atoms with Crippen molar-refractivity contribution < 1.29 is 24.9 Å². The molecule has 1 aromatic carbocycles. The number of phenols is 1. The number of anilines is 1. The lowest BCUT2D eigenvalue weighted by Crippen LogP contribution is -2.16. The molecule has 0 bridgehead atoms. The van der Waals surface area contributed by atoms with Crippen LogP contribution in [0.4, 0.5) is 5.69 Å². The largest absolute Gasteiger partial charge is 0.506 e. The Kier molecular flexibility index (Phi) is 3.61. The van der Waals surface area contributed by atoms with E-state index in [2.05, 4.69) is 10.3 Å². The van der Waals surface area contributed by atoms with Gasteiger partial charge in [-0.1, -0.05) is 0 Å². The number of H-pyrrole nitrogens is 1. The van der Waals surface area contributed by atoms with Gasteiger partial charge >= 0.3 is 5.97 Å². The minimum Gasteiger partial charge on any atom is -0.506 e. The summed E-state index contributed by atoms with van der Waals surface area (Å²) in [6.45, 7) is 0. The molecule has 1 heterocycles. The maximum atomic E-state index is 11.9. The van der Waals surface area contributed by atoms with E-state index in [1.807, 2.05) is 0 Å². The number of carboxylic acids is 1. The number of phenolic OH excluding ortho intramolecular Hbond substituents is 1. The van der Waals surface area contributed by atoms with Crippen LogP contribution < -0.4 is 10.9 Å². The third kappa shape index (κ3) is 3.18. The van der Waals surface area contributed by atoms with Crippen molar-refractivity contribution >= 4 is 17.6 Å². The Labute approximate surface area is 117 Å². The number of aromatic amines is 1. The maximum absolute atomic E-state index is 11.9. The summed E-state index contributed by atoms with van der Waals surface area (Å²) in [4.78, 5) is 35.8. The number of rotatable bonds is 3. The molecular formula is C13H10N2O6. The average molecular weight is 290 g/mol. The van der Waals surface area contributed by atoms with Crippen LogP contribution in [0.25, 0.3) is 0 Å². The van der Waals surface area contributed by atoms with Gasteiger partial charge in [0, 0.05) is 12.1 Å². The lowest BCUT2D eigenvalue weighted by molar-refractivity contribution is 0.0696. The summed E-state index contributed by atoms with van der Waals surface area (Å²) < 4.78 is 0. The van der Waals surface area contributed by atoms with Gasteiger partial charge in [-0.25, -0.2) is 4.79 Å². The second-order valence-corrected chi connectivity index (χ2v) is 4.11. The first-order valence-electron chi connectivity index (χ1n) is 5.68. The molecule has 108 valence electrons. The van der Waals surface area contributed by atoms with Gasteiger partial charge in [-0.15, -0.1) is 0 Å². The molecule has 1 amide bonds. The van der Waals surface area contributed by atoms with E-state index in [1.165, 1.54) is 12.1 Å². The number of benzene rings is 1. The van der Waals surface area contributed by atoms with Crippen molar-refractivity contribution in [2.75, 3.05) is 5.32 Å². The number of carbonyl (C=O) groups excluding carboxylic acids is 1. The number of aromatic carboxylic acids is 1. The quantitative estimate of drug-likeness (QED) is 0.528. The number of aromatic hydroxyl groups is 2. The number of nitrogens with one attached hydrogen (secondary N) is 2. The van der Waals surface area contributed by atoms with Crippen molar-refractivity contribution in [3.8, 4) is 11.6 Å². The minimum atomic E-state index is -1.22. The fourth-order valence-electron chi connectivity index (χ4n) is 1.62. The number of hydrogen-bond acceptors (Lipinski definition) is 5. The Bertz CT molecular complexity index is 780. The predicted octanol–water partition coefficient (Wildman–Crippen LogP) is 0.737. The zero-order valence-corrected chi connectivity index (χ0v) is 10.5. The molecule has 0 saturated heterocycles. The molecule has 0 atom stereocenters. The Hall–Kier alpha value is -3.29. The molecule has 1 aromatic heterocycles. The smallest absolute Gasteiger partial charge is 0.335 e. The Balaban J connectivity index is 2.27. The van der Waals surface area contributed by atoms with Crippen LogP contribution in [0.3, 0.4) is 0 Å². The van der Waals surface area contributed by atoms with Crippen molar-refractivity contribution in [2.24, 2.45) is 0 Å². The highest BCUT2D eigenvalue weighted by Gasteiger charge is 2.12. The van der Waals surface area contributed by atoms with Crippen LogP contribution in [0, 0.1) is 0 Å². The third-order valence-electron chi connectivity index (χ3n) is 2.59. The normalized spacial score (nSPS) is 10.1. The van der Waals surface area contributed by atoms with E-state index in [0.717, 1.165) is 18.2 Å². The molecule has 0 radical (unpaired) electrons. The summed E-state index contributed by atoms with van der Waals surface area (Å²) in [5.41, 5.74) is -0.937. The molecule has 8 nitrogen and oxygen atoms in total. The summed E-state index contributed by atoms with van der Waals surface area (Å²) in [5, 5.41) is 29.9. The lowest BCUT2D eigenvalue weighted by atomic mass is 10.1. The van der Waals surface area contributed by atoms with Gasteiger partial charge in [0.2, 0.25) is 0 Å². The summed E-state index contributed by atoms with van der Waals surface area (Å²) in [7, 11) is 0. The van der Waals surface area contributed by atoms with E-state index in [1.54, 1.807) is 0 Å². The van der Waals surface area contributed by atoms with E-state index in [-0.39, 0.29) is 16.8 Å². The molecule has 0 aliphatic rings. The average Bonchev–Trinajstić information content (AvgIpc) is 2.39. The number of aromatic nitrogens is 1. The zero-order chi connectivity index (χ0) is 15.6. The van der Waals surface area contributed by atoms with Crippen LogP contribution in [0.15, 0.2) is 35.1 Å². The molecule has 0 saturated carbocycles. The third-order valence-corrected chi connectivity index (χ3v) is 2.59. The minimum absolute atomic E-state index is 0.0234. The van der Waals surface area contributed by atoms with Gasteiger partial charge in [-0.3, -0.25) is 14.6 Å². The summed E-state index contributed by atoms with van der Waals surface area (Å²) >= 11 is 0. The van der Waals surface area contributed by atoms with Gasteiger partial charge < -0.3 is 20.6 Å². The SMILES string of the molecule is O=C(O)c1ccc(NC(=O)c2cc(O)[nH]c(=O)c2)c(O)c1. The van der Waals surface area contributed by atoms with Gasteiger partial charge in [0.15, 0.2) is 5.88 Å². The highest BCUT2D eigenvalue weighted by atomic mass is 16.4. The van der Waals surface area contributed by atoms with Crippen molar-refractivity contribution in [1.29, 1.82) is 0 Å². The molecule has 0 spiro atoms. The molecular weight excluding hydrogens is 280 g/mol. The fraction of sp³-hybridized carbons (Fsp3) is 0. The fourth-order valence-corrected chi connectivity index (χ4v) is 1.62. The van der Waals surface area contributed by atoms with E-state index in [4.69, 9.17) is 5.11 Å². The van der Waals surface area contributed by atoms with Crippen molar-refractivity contribution in [3.05, 3.63) is 51.8 Å². The van der Waals surface area contributed by atoms with Crippen molar-refractivity contribution in [3.63, 3.8) is 0 Å². The molecule has 2 aromatic rings. The highest BCUT2D eigenvalue weighted by molar-refractivity contribution is 6.05. The molecule has 8 heteroatoms. The van der Waals surface area contributed by atoms with Gasteiger partial charge in [0.1, 0.15) is 5.75 Å². The van der Waals surface area contributed by atoms with Crippen LogP contribution in [0.5, 0.6) is 11.6 Å². The second-order valence-electron chi connectivity index (χ2n) is 4.11. The molecule has 0 aliphatic carbocycles. The predicted molar refractivity (Wildman–Crippen MR) is 71.7 cm³/mol. The number of carboxylic acid groups (broad SMARTS) is 1. The van der Waals surface area contributed by atoms with Crippen LogP contribution in [0.2, 0.25) is 0 Å². The van der Waals surface area contributed by atoms with E-state index < -0.39 is 29.1 Å². The number of amides is 1. The number of carbonyl (C=O) groups is 2. The first-order chi connectivity index (χ1) is 9.86. The monoisotopic (exact) mass is 290 g/mol. The standard InChI is InChI=1S/C13H10N2O6/c16-9-3-6(13(20)21)1-2-8(9)14-12(19)7-4-10(17)15-11(18)5-7/h1-5,16H,(H,14,19)(H,20,21)(H2,15,17,18). The summed E-state index contributed by atoms with van der Waals surface area (Å²) in [6.07, 6.45) is 0. The summed E-state index contributed by atoms with van der Waals surface area (Å²) in [5.74, 6) is -2.87. The topological polar surface area (TPSA) is 140 Å². The second kappa shape index (κ2) is 5.37. The maximum Gasteiger partial charge on any atom is 0.335 e. The van der Waals surface area contributed by atoms with Crippen molar-refractivity contribution in [1.82, 2.24) is 4.98 Å². The van der Waals surface area contributed by atoms with Crippen LogP contribution >= 0.6 is 0 Å². The molecule has 0 aliphatic heterocycles. The van der Waals surface area contributed by atoms with E-state index >= 15 is 0 Å². The number of pyridine rings is 1. The summed E-state index contributed by atoms with van der Waals surface area (Å²) in [6, 6.07) is 5.40. The molecule has 0 unspecified atom stereocenters. The van der Waals surface area contributed by atoms with Crippen molar-refractivity contribution in [2.45, 2.75) is 0 Å². The van der Waals surface area contributed by atoms with Gasteiger partial charge in [-0.05, 0) is 18.2 Å². The van der Waals surface area contributed by atoms with E-state index in [0.29, 0.717) is 0 Å². The van der Waals surface area contributed by atoms with E-state index in [9.17, 15) is 24.6 Å². The molecule has 0 fully saturated rings.